The third-order valence-electron chi connectivity index (χ3n) is 2.06. The Bertz CT molecular complexity index is 275. The van der Waals surface area contributed by atoms with Gasteiger partial charge in [0.1, 0.15) is 5.82 Å². The summed E-state index contributed by atoms with van der Waals surface area (Å²) in [6.07, 6.45) is 0. The van der Waals surface area contributed by atoms with Crippen molar-refractivity contribution in [3.63, 3.8) is 0 Å². The third kappa shape index (κ3) is 2.26. The molecule has 1 N–H and O–H groups in total. The standard InChI is InChI=1S/C10H14FNO/c1-12(2)10(7-13)8-5-3-4-6-9(8)11/h3-6,10,13H,7H2,1-2H3/t10-/m0/s1. The van der Waals surface area contributed by atoms with Gasteiger partial charge in [-0.25, -0.2) is 4.39 Å². The topological polar surface area (TPSA) is 23.5 Å². The predicted octanol–water partition coefficient (Wildman–Crippen LogP) is 1.42. The summed E-state index contributed by atoms with van der Waals surface area (Å²) >= 11 is 0. The van der Waals surface area contributed by atoms with Crippen LogP contribution >= 0.6 is 0 Å². The molecule has 2 nitrogen and oxygen atoms in total. The molecule has 0 aliphatic rings. The van der Waals surface area contributed by atoms with Gasteiger partial charge in [-0.05, 0) is 20.2 Å². The Balaban J connectivity index is 2.97. The van der Waals surface area contributed by atoms with Crippen molar-refractivity contribution in [2.45, 2.75) is 6.04 Å². The van der Waals surface area contributed by atoms with Gasteiger partial charge in [-0.15, -0.1) is 0 Å². The normalized spacial score (nSPS) is 13.3. The van der Waals surface area contributed by atoms with Crippen molar-refractivity contribution >= 4 is 0 Å². The number of aliphatic hydroxyl groups is 1. The molecule has 13 heavy (non-hydrogen) atoms. The van der Waals surface area contributed by atoms with Gasteiger partial charge in [-0.3, -0.25) is 0 Å². The van der Waals surface area contributed by atoms with Gasteiger partial charge in [-0.1, -0.05) is 18.2 Å². The summed E-state index contributed by atoms with van der Waals surface area (Å²) in [5, 5.41) is 9.07. The molecule has 0 unspecified atom stereocenters. The lowest BCUT2D eigenvalue weighted by Gasteiger charge is -2.22. The average Bonchev–Trinajstić information content (AvgIpc) is 2.09. The molecular formula is C10H14FNO. The smallest absolute Gasteiger partial charge is 0.128 e. The molecule has 0 aliphatic carbocycles. The number of hydrogen-bond acceptors (Lipinski definition) is 2. The Morgan fingerprint density at radius 1 is 1.38 bits per heavy atom. The Kier molecular flexibility index (Phi) is 3.39. The van der Waals surface area contributed by atoms with E-state index < -0.39 is 0 Å². The number of halogens is 1. The van der Waals surface area contributed by atoms with Gasteiger partial charge in [0.2, 0.25) is 0 Å². The first-order chi connectivity index (χ1) is 6.16. The quantitative estimate of drug-likeness (QED) is 0.766. The van der Waals surface area contributed by atoms with Crippen molar-refractivity contribution in [2.24, 2.45) is 0 Å². The highest BCUT2D eigenvalue weighted by atomic mass is 19.1. The van der Waals surface area contributed by atoms with Crippen LogP contribution in [-0.2, 0) is 0 Å². The highest BCUT2D eigenvalue weighted by molar-refractivity contribution is 5.21. The first-order valence-corrected chi connectivity index (χ1v) is 4.18. The van der Waals surface area contributed by atoms with Crippen LogP contribution in [0, 0.1) is 5.82 Å². The lowest BCUT2D eigenvalue weighted by atomic mass is 10.1. The molecule has 1 rings (SSSR count). The van der Waals surface area contributed by atoms with E-state index in [1.165, 1.54) is 6.07 Å². The second kappa shape index (κ2) is 4.35. The maximum atomic E-state index is 13.2. The number of benzene rings is 1. The van der Waals surface area contributed by atoms with Crippen molar-refractivity contribution in [3.05, 3.63) is 35.6 Å². The van der Waals surface area contributed by atoms with Crippen LogP contribution in [0.15, 0.2) is 24.3 Å². The number of nitrogens with zero attached hydrogens (tertiary/aromatic N) is 1. The maximum Gasteiger partial charge on any atom is 0.128 e. The highest BCUT2D eigenvalue weighted by Gasteiger charge is 2.15. The van der Waals surface area contributed by atoms with E-state index >= 15 is 0 Å². The predicted molar refractivity (Wildman–Crippen MR) is 49.9 cm³/mol. The molecule has 0 saturated heterocycles. The molecule has 0 saturated carbocycles. The molecule has 0 aliphatic heterocycles. The number of likely N-dealkylation sites (N-methyl/N-ethyl adjacent to an activating group) is 1. The maximum absolute atomic E-state index is 13.2. The van der Waals surface area contributed by atoms with E-state index in [4.69, 9.17) is 5.11 Å². The molecule has 72 valence electrons. The summed E-state index contributed by atoms with van der Waals surface area (Å²) in [5.41, 5.74) is 0.537. The van der Waals surface area contributed by atoms with Gasteiger partial charge in [0, 0.05) is 5.56 Å². The first kappa shape index (κ1) is 10.2. The van der Waals surface area contributed by atoms with Crippen molar-refractivity contribution in [1.82, 2.24) is 4.90 Å². The minimum absolute atomic E-state index is 0.0755. The first-order valence-electron chi connectivity index (χ1n) is 4.18. The SMILES string of the molecule is CN(C)[C@@H](CO)c1ccccc1F. The van der Waals surface area contributed by atoms with Crippen molar-refractivity contribution in [2.75, 3.05) is 20.7 Å². The highest BCUT2D eigenvalue weighted by Crippen LogP contribution is 2.19. The van der Waals surface area contributed by atoms with Gasteiger partial charge in [0.15, 0.2) is 0 Å². The molecule has 0 bridgehead atoms. The van der Waals surface area contributed by atoms with Crippen LogP contribution in [0.2, 0.25) is 0 Å². The Morgan fingerprint density at radius 3 is 2.46 bits per heavy atom. The van der Waals surface area contributed by atoms with Gasteiger partial charge in [0.25, 0.3) is 0 Å². The number of rotatable bonds is 3. The minimum Gasteiger partial charge on any atom is -0.394 e. The molecule has 0 amide bonds. The summed E-state index contributed by atoms with van der Waals surface area (Å²) < 4.78 is 13.2. The summed E-state index contributed by atoms with van der Waals surface area (Å²) in [6, 6.07) is 6.24. The van der Waals surface area contributed by atoms with E-state index in [9.17, 15) is 4.39 Å². The fraction of sp³-hybridized carbons (Fsp3) is 0.400. The van der Waals surface area contributed by atoms with Gasteiger partial charge < -0.3 is 10.0 Å². The third-order valence-corrected chi connectivity index (χ3v) is 2.06. The molecule has 1 atom stereocenters. The molecule has 0 fully saturated rings. The summed E-state index contributed by atoms with van der Waals surface area (Å²) in [6.45, 7) is -0.0755. The van der Waals surface area contributed by atoms with Gasteiger partial charge in [-0.2, -0.15) is 0 Å². The zero-order chi connectivity index (χ0) is 9.84. The summed E-state index contributed by atoms with van der Waals surface area (Å²) in [5.74, 6) is -0.268. The van der Waals surface area contributed by atoms with E-state index in [1.807, 2.05) is 14.1 Å². The Morgan fingerprint density at radius 2 is 2.00 bits per heavy atom. The molecule has 0 spiro atoms. The molecule has 0 radical (unpaired) electrons. The zero-order valence-corrected chi connectivity index (χ0v) is 7.87. The molecule has 1 aromatic rings. The zero-order valence-electron chi connectivity index (χ0n) is 7.87. The summed E-state index contributed by atoms with van der Waals surface area (Å²) in [4.78, 5) is 1.79. The van der Waals surface area contributed by atoms with E-state index in [-0.39, 0.29) is 18.5 Å². The molecule has 1 aromatic carbocycles. The van der Waals surface area contributed by atoms with Crippen LogP contribution in [0.25, 0.3) is 0 Å². The second-order valence-electron chi connectivity index (χ2n) is 3.18. The van der Waals surface area contributed by atoms with E-state index in [2.05, 4.69) is 0 Å². The monoisotopic (exact) mass is 183 g/mol. The molecule has 3 heteroatoms. The van der Waals surface area contributed by atoms with E-state index in [0.717, 1.165) is 0 Å². The Labute approximate surface area is 77.6 Å². The van der Waals surface area contributed by atoms with Crippen LogP contribution in [0.3, 0.4) is 0 Å². The second-order valence-corrected chi connectivity index (χ2v) is 3.18. The largest absolute Gasteiger partial charge is 0.394 e. The lowest BCUT2D eigenvalue weighted by Crippen LogP contribution is -2.23. The van der Waals surface area contributed by atoms with Gasteiger partial charge >= 0.3 is 0 Å². The van der Waals surface area contributed by atoms with Crippen molar-refractivity contribution < 1.29 is 9.50 Å². The van der Waals surface area contributed by atoms with Crippen molar-refractivity contribution in [1.29, 1.82) is 0 Å². The van der Waals surface area contributed by atoms with Crippen LogP contribution in [0.5, 0.6) is 0 Å². The summed E-state index contributed by atoms with van der Waals surface area (Å²) in [7, 11) is 3.63. The van der Waals surface area contributed by atoms with Gasteiger partial charge in [0.05, 0.1) is 12.6 Å². The van der Waals surface area contributed by atoms with Crippen LogP contribution < -0.4 is 0 Å². The fourth-order valence-corrected chi connectivity index (χ4v) is 1.29. The molecule has 0 heterocycles. The lowest BCUT2D eigenvalue weighted by molar-refractivity contribution is 0.167. The van der Waals surface area contributed by atoms with Crippen LogP contribution in [0.1, 0.15) is 11.6 Å². The van der Waals surface area contributed by atoms with Crippen LogP contribution in [0.4, 0.5) is 4.39 Å². The molecule has 0 aromatic heterocycles. The molecular weight excluding hydrogens is 169 g/mol. The minimum atomic E-state index is -0.268. The average molecular weight is 183 g/mol. The Hall–Kier alpha value is -0.930. The van der Waals surface area contributed by atoms with E-state index in [1.54, 1.807) is 23.1 Å². The van der Waals surface area contributed by atoms with Crippen molar-refractivity contribution in [3.8, 4) is 0 Å². The number of aliphatic hydroxyl groups excluding tert-OH is 1. The van der Waals surface area contributed by atoms with Crippen LogP contribution in [-0.4, -0.2) is 30.7 Å². The van der Waals surface area contributed by atoms with E-state index in [0.29, 0.717) is 5.56 Å². The number of hydrogen-bond donors (Lipinski definition) is 1. The fourth-order valence-electron chi connectivity index (χ4n) is 1.29.